The van der Waals surface area contributed by atoms with Crippen molar-refractivity contribution < 1.29 is 4.79 Å². The van der Waals surface area contributed by atoms with Crippen molar-refractivity contribution in [1.29, 1.82) is 0 Å². The molecule has 0 saturated carbocycles. The van der Waals surface area contributed by atoms with E-state index in [0.717, 1.165) is 10.0 Å². The van der Waals surface area contributed by atoms with Gasteiger partial charge in [0.05, 0.1) is 0 Å². The molecule has 88 valence electrons. The SMILES string of the molecule is Cc1cc(Br)cc(C(=O)NCC(C)CCl)c1. The summed E-state index contributed by atoms with van der Waals surface area (Å²) in [5.41, 5.74) is 1.73. The van der Waals surface area contributed by atoms with Gasteiger partial charge in [0, 0.05) is 22.5 Å². The number of nitrogens with one attached hydrogen (secondary N) is 1. The minimum atomic E-state index is -0.0543. The lowest BCUT2D eigenvalue weighted by molar-refractivity contribution is 0.0949. The monoisotopic (exact) mass is 303 g/mol. The quantitative estimate of drug-likeness (QED) is 0.849. The van der Waals surface area contributed by atoms with Gasteiger partial charge in [-0.3, -0.25) is 4.79 Å². The summed E-state index contributed by atoms with van der Waals surface area (Å²) in [5, 5.41) is 2.86. The van der Waals surface area contributed by atoms with Crippen LogP contribution in [0, 0.1) is 12.8 Å². The Morgan fingerprint density at radius 1 is 1.50 bits per heavy atom. The van der Waals surface area contributed by atoms with E-state index in [2.05, 4.69) is 21.2 Å². The van der Waals surface area contributed by atoms with Crippen LogP contribution in [-0.2, 0) is 0 Å². The number of carbonyl (C=O) groups excluding carboxylic acids is 1. The summed E-state index contributed by atoms with van der Waals surface area (Å²) in [5.74, 6) is 0.790. The molecule has 1 N–H and O–H groups in total. The highest BCUT2D eigenvalue weighted by Crippen LogP contribution is 2.15. The van der Waals surface area contributed by atoms with Gasteiger partial charge in [0.2, 0.25) is 0 Å². The molecule has 0 heterocycles. The Morgan fingerprint density at radius 2 is 2.19 bits per heavy atom. The fraction of sp³-hybridized carbons (Fsp3) is 0.417. The van der Waals surface area contributed by atoms with E-state index in [1.807, 2.05) is 32.0 Å². The maximum absolute atomic E-state index is 11.8. The molecule has 0 bridgehead atoms. The Bertz CT molecular complexity index is 361. The van der Waals surface area contributed by atoms with Crippen molar-refractivity contribution in [2.75, 3.05) is 12.4 Å². The Kier molecular flexibility index (Phi) is 5.29. The van der Waals surface area contributed by atoms with Gasteiger partial charge in [0.1, 0.15) is 0 Å². The van der Waals surface area contributed by atoms with Gasteiger partial charge >= 0.3 is 0 Å². The van der Waals surface area contributed by atoms with Crippen molar-refractivity contribution in [2.24, 2.45) is 5.92 Å². The smallest absolute Gasteiger partial charge is 0.251 e. The van der Waals surface area contributed by atoms with Crippen molar-refractivity contribution in [3.8, 4) is 0 Å². The van der Waals surface area contributed by atoms with Crippen LogP contribution in [0.5, 0.6) is 0 Å². The van der Waals surface area contributed by atoms with E-state index in [0.29, 0.717) is 23.9 Å². The maximum atomic E-state index is 11.8. The average Bonchev–Trinajstić information content (AvgIpc) is 2.23. The van der Waals surface area contributed by atoms with E-state index in [1.165, 1.54) is 0 Å². The number of rotatable bonds is 4. The minimum absolute atomic E-state index is 0.0543. The number of hydrogen-bond acceptors (Lipinski definition) is 1. The molecule has 0 aromatic heterocycles. The number of benzene rings is 1. The van der Waals surface area contributed by atoms with Crippen LogP contribution in [0.1, 0.15) is 22.8 Å². The predicted octanol–water partition coefficient (Wildman–Crippen LogP) is 3.36. The van der Waals surface area contributed by atoms with Crippen LogP contribution in [0.15, 0.2) is 22.7 Å². The van der Waals surface area contributed by atoms with Gasteiger partial charge in [-0.1, -0.05) is 22.9 Å². The Hall–Kier alpha value is -0.540. The normalized spacial score (nSPS) is 12.2. The van der Waals surface area contributed by atoms with Crippen molar-refractivity contribution in [3.05, 3.63) is 33.8 Å². The van der Waals surface area contributed by atoms with Crippen LogP contribution in [0.3, 0.4) is 0 Å². The third kappa shape index (κ3) is 4.14. The molecule has 0 spiro atoms. The zero-order valence-corrected chi connectivity index (χ0v) is 11.7. The molecule has 1 atom stereocenters. The molecule has 0 radical (unpaired) electrons. The van der Waals surface area contributed by atoms with Gasteiger partial charge in [-0.15, -0.1) is 11.6 Å². The molecule has 1 aromatic rings. The standard InChI is InChI=1S/C12H15BrClNO/c1-8-3-10(5-11(13)4-8)12(16)15-7-9(2)6-14/h3-5,9H,6-7H2,1-2H3,(H,15,16). The summed E-state index contributed by atoms with van der Waals surface area (Å²) in [7, 11) is 0. The second kappa shape index (κ2) is 6.26. The molecule has 2 nitrogen and oxygen atoms in total. The summed E-state index contributed by atoms with van der Waals surface area (Å²) in [6, 6.07) is 5.65. The van der Waals surface area contributed by atoms with Crippen molar-refractivity contribution >= 4 is 33.4 Å². The van der Waals surface area contributed by atoms with Crippen molar-refractivity contribution in [2.45, 2.75) is 13.8 Å². The summed E-state index contributed by atoms with van der Waals surface area (Å²) < 4.78 is 0.919. The largest absolute Gasteiger partial charge is 0.352 e. The molecule has 1 unspecified atom stereocenters. The lowest BCUT2D eigenvalue weighted by Crippen LogP contribution is -2.28. The lowest BCUT2D eigenvalue weighted by atomic mass is 10.1. The summed E-state index contributed by atoms with van der Waals surface area (Å²) in [6.07, 6.45) is 0. The van der Waals surface area contributed by atoms with E-state index in [1.54, 1.807) is 0 Å². The molecule has 1 amide bonds. The zero-order chi connectivity index (χ0) is 12.1. The van der Waals surface area contributed by atoms with Crippen LogP contribution in [0.25, 0.3) is 0 Å². The molecule has 4 heteroatoms. The van der Waals surface area contributed by atoms with E-state index >= 15 is 0 Å². The molecule has 0 aliphatic heterocycles. The van der Waals surface area contributed by atoms with Crippen molar-refractivity contribution in [3.63, 3.8) is 0 Å². The van der Waals surface area contributed by atoms with Crippen LogP contribution in [0.4, 0.5) is 0 Å². The molecule has 16 heavy (non-hydrogen) atoms. The first-order valence-corrected chi connectivity index (χ1v) is 6.47. The minimum Gasteiger partial charge on any atom is -0.352 e. The Morgan fingerprint density at radius 3 is 2.75 bits per heavy atom. The first-order valence-electron chi connectivity index (χ1n) is 5.14. The summed E-state index contributed by atoms with van der Waals surface area (Å²) >= 11 is 9.05. The number of alkyl halides is 1. The molecule has 1 aromatic carbocycles. The van der Waals surface area contributed by atoms with Gasteiger partial charge in [-0.05, 0) is 36.6 Å². The first kappa shape index (κ1) is 13.5. The molecular weight excluding hydrogens is 289 g/mol. The third-order valence-electron chi connectivity index (χ3n) is 2.18. The molecule has 0 fully saturated rings. The number of carbonyl (C=O) groups is 1. The highest BCUT2D eigenvalue weighted by Gasteiger charge is 2.08. The molecule has 1 rings (SSSR count). The number of halogens is 2. The summed E-state index contributed by atoms with van der Waals surface area (Å²) in [6.45, 7) is 4.57. The number of hydrogen-bond donors (Lipinski definition) is 1. The predicted molar refractivity (Wildman–Crippen MR) is 71.1 cm³/mol. The van der Waals surface area contributed by atoms with Gasteiger partial charge in [0.25, 0.3) is 5.91 Å². The first-order chi connectivity index (χ1) is 7.52. The Balaban J connectivity index is 2.66. The molecular formula is C12H15BrClNO. The fourth-order valence-electron chi connectivity index (χ4n) is 1.29. The second-order valence-electron chi connectivity index (χ2n) is 3.99. The van der Waals surface area contributed by atoms with Gasteiger partial charge in [-0.2, -0.15) is 0 Å². The van der Waals surface area contributed by atoms with E-state index in [-0.39, 0.29) is 5.91 Å². The van der Waals surface area contributed by atoms with Gasteiger partial charge in [-0.25, -0.2) is 0 Å². The van der Waals surface area contributed by atoms with Gasteiger partial charge in [0.15, 0.2) is 0 Å². The Labute approximate surface area is 110 Å². The zero-order valence-electron chi connectivity index (χ0n) is 9.39. The lowest BCUT2D eigenvalue weighted by Gasteiger charge is -2.10. The van der Waals surface area contributed by atoms with Crippen LogP contribution in [-0.4, -0.2) is 18.3 Å². The van der Waals surface area contributed by atoms with E-state index in [9.17, 15) is 4.79 Å². The highest BCUT2D eigenvalue weighted by molar-refractivity contribution is 9.10. The highest BCUT2D eigenvalue weighted by atomic mass is 79.9. The molecule has 0 aliphatic carbocycles. The second-order valence-corrected chi connectivity index (χ2v) is 5.21. The molecule has 0 saturated heterocycles. The van der Waals surface area contributed by atoms with Crippen molar-refractivity contribution in [1.82, 2.24) is 5.32 Å². The van der Waals surface area contributed by atoms with Crippen LogP contribution >= 0.6 is 27.5 Å². The van der Waals surface area contributed by atoms with Crippen LogP contribution in [0.2, 0.25) is 0 Å². The third-order valence-corrected chi connectivity index (χ3v) is 3.16. The topological polar surface area (TPSA) is 29.1 Å². The maximum Gasteiger partial charge on any atom is 0.251 e. The average molecular weight is 305 g/mol. The fourth-order valence-corrected chi connectivity index (χ4v) is 2.01. The van der Waals surface area contributed by atoms with E-state index < -0.39 is 0 Å². The van der Waals surface area contributed by atoms with E-state index in [4.69, 9.17) is 11.6 Å². The number of amides is 1. The number of aryl methyl sites for hydroxylation is 1. The van der Waals surface area contributed by atoms with Crippen LogP contribution < -0.4 is 5.32 Å². The summed E-state index contributed by atoms with van der Waals surface area (Å²) in [4.78, 5) is 11.8. The van der Waals surface area contributed by atoms with Gasteiger partial charge < -0.3 is 5.32 Å². The molecule has 0 aliphatic rings.